The van der Waals surface area contributed by atoms with Crippen molar-refractivity contribution in [2.24, 2.45) is 0 Å². The molecule has 0 fully saturated rings. The number of carbonyl (C=O) groups excluding carboxylic acids is 3. The maximum Gasteiger partial charge on any atom is 0.408 e. The number of nitrogens with zero attached hydrogens (tertiary/aromatic N) is 2. The molecule has 0 radical (unpaired) electrons. The number of nitrogens with one attached hydrogen (secondary N) is 2. The predicted molar refractivity (Wildman–Crippen MR) is 136 cm³/mol. The van der Waals surface area contributed by atoms with Gasteiger partial charge in [-0.2, -0.15) is 5.26 Å². The van der Waals surface area contributed by atoms with Crippen LogP contribution in [0.3, 0.4) is 0 Å². The van der Waals surface area contributed by atoms with Crippen molar-refractivity contribution in [2.75, 3.05) is 19.0 Å². The van der Waals surface area contributed by atoms with Gasteiger partial charge in [0.05, 0.1) is 13.2 Å². The van der Waals surface area contributed by atoms with E-state index in [1.807, 2.05) is 26.0 Å². The third-order valence-corrected chi connectivity index (χ3v) is 5.11. The normalized spacial score (nSPS) is 12.5. The second-order valence-corrected chi connectivity index (χ2v) is 9.53. The summed E-state index contributed by atoms with van der Waals surface area (Å²) in [5.41, 5.74) is 2.10. The molecule has 0 aliphatic carbocycles. The third kappa shape index (κ3) is 8.01. The first-order chi connectivity index (χ1) is 16.8. The van der Waals surface area contributed by atoms with E-state index in [0.29, 0.717) is 17.0 Å². The van der Waals surface area contributed by atoms with Gasteiger partial charge in [-0.3, -0.25) is 9.59 Å². The Balaban J connectivity index is 2.43. The molecule has 9 heteroatoms. The largest absolute Gasteiger partial charge is 0.497 e. The molecule has 2 N–H and O–H groups in total. The van der Waals surface area contributed by atoms with Gasteiger partial charge in [-0.05, 0) is 71.4 Å². The summed E-state index contributed by atoms with van der Waals surface area (Å²) >= 11 is 0. The zero-order valence-corrected chi connectivity index (χ0v) is 21.8. The van der Waals surface area contributed by atoms with Crippen LogP contribution in [-0.2, 0) is 14.3 Å². The number of anilines is 1. The molecule has 192 valence electrons. The number of benzene rings is 2. The Bertz CT molecular complexity index is 1110. The van der Waals surface area contributed by atoms with Gasteiger partial charge in [-0.1, -0.05) is 29.3 Å². The molecule has 0 aliphatic rings. The molecule has 0 bridgehead atoms. The van der Waals surface area contributed by atoms with Crippen molar-refractivity contribution in [3.8, 4) is 11.8 Å². The topological polar surface area (TPSA) is 121 Å². The summed E-state index contributed by atoms with van der Waals surface area (Å²) in [6.45, 7) is 10.0. The van der Waals surface area contributed by atoms with E-state index in [0.717, 1.165) is 16.0 Å². The lowest BCUT2D eigenvalue weighted by Gasteiger charge is -2.32. The fraction of sp³-hybridized carbons (Fsp3) is 0.407. The average molecular weight is 495 g/mol. The number of amides is 3. The molecular formula is C27H34N4O5. The SMILES string of the molecule is COc1ccc(NC(=O)C(c2cc(C)cc(C)c2)N(CC#N)C(=O)C(C)NC(=O)OC(C)(C)C)cc1. The van der Waals surface area contributed by atoms with E-state index in [4.69, 9.17) is 9.47 Å². The van der Waals surface area contributed by atoms with Crippen LogP contribution in [0.1, 0.15) is 50.4 Å². The molecule has 3 amide bonds. The Morgan fingerprint density at radius 1 is 1.06 bits per heavy atom. The van der Waals surface area contributed by atoms with Crippen molar-refractivity contribution in [2.45, 2.75) is 59.2 Å². The Morgan fingerprint density at radius 2 is 1.64 bits per heavy atom. The number of nitriles is 1. The molecule has 0 aromatic heterocycles. The van der Waals surface area contributed by atoms with Gasteiger partial charge in [-0.15, -0.1) is 0 Å². The van der Waals surface area contributed by atoms with E-state index in [9.17, 15) is 19.6 Å². The van der Waals surface area contributed by atoms with Crippen molar-refractivity contribution in [1.29, 1.82) is 5.26 Å². The fourth-order valence-electron chi connectivity index (χ4n) is 3.69. The van der Waals surface area contributed by atoms with E-state index >= 15 is 0 Å². The number of hydrogen-bond donors (Lipinski definition) is 2. The molecule has 2 unspecified atom stereocenters. The molecular weight excluding hydrogens is 460 g/mol. The molecule has 0 aliphatic heterocycles. The molecule has 2 rings (SSSR count). The molecule has 2 atom stereocenters. The summed E-state index contributed by atoms with van der Waals surface area (Å²) in [7, 11) is 1.54. The smallest absolute Gasteiger partial charge is 0.408 e. The highest BCUT2D eigenvalue weighted by molar-refractivity contribution is 5.99. The van der Waals surface area contributed by atoms with E-state index in [-0.39, 0.29) is 6.54 Å². The Kier molecular flexibility index (Phi) is 9.45. The van der Waals surface area contributed by atoms with Crippen molar-refractivity contribution in [1.82, 2.24) is 10.2 Å². The van der Waals surface area contributed by atoms with E-state index < -0.39 is 35.6 Å². The third-order valence-electron chi connectivity index (χ3n) is 5.11. The molecule has 0 saturated heterocycles. The van der Waals surface area contributed by atoms with Crippen LogP contribution in [0.4, 0.5) is 10.5 Å². The summed E-state index contributed by atoms with van der Waals surface area (Å²) < 4.78 is 10.4. The lowest BCUT2D eigenvalue weighted by atomic mass is 9.98. The van der Waals surface area contributed by atoms with Gasteiger partial charge in [-0.25, -0.2) is 4.79 Å². The minimum absolute atomic E-state index is 0.368. The summed E-state index contributed by atoms with van der Waals surface area (Å²) in [5, 5.41) is 14.9. The lowest BCUT2D eigenvalue weighted by Crippen LogP contribution is -2.51. The molecule has 2 aromatic carbocycles. The highest BCUT2D eigenvalue weighted by atomic mass is 16.6. The van der Waals surface area contributed by atoms with Crippen LogP contribution in [0, 0.1) is 25.2 Å². The van der Waals surface area contributed by atoms with Crippen LogP contribution >= 0.6 is 0 Å². The molecule has 0 heterocycles. The van der Waals surface area contributed by atoms with Gasteiger partial charge >= 0.3 is 6.09 Å². The van der Waals surface area contributed by atoms with Gasteiger partial charge in [0.2, 0.25) is 5.91 Å². The van der Waals surface area contributed by atoms with Crippen LogP contribution in [0.25, 0.3) is 0 Å². The summed E-state index contributed by atoms with van der Waals surface area (Å²) in [5.74, 6) is -0.475. The highest BCUT2D eigenvalue weighted by Gasteiger charge is 2.35. The van der Waals surface area contributed by atoms with Gasteiger partial charge in [0.15, 0.2) is 0 Å². The number of alkyl carbamates (subject to hydrolysis) is 1. The summed E-state index contributed by atoms with van der Waals surface area (Å²) in [6, 6.07) is 12.1. The van der Waals surface area contributed by atoms with Crippen LogP contribution < -0.4 is 15.4 Å². The van der Waals surface area contributed by atoms with Crippen LogP contribution in [0.5, 0.6) is 5.75 Å². The zero-order chi connectivity index (χ0) is 27.0. The molecule has 2 aromatic rings. The lowest BCUT2D eigenvalue weighted by molar-refractivity contribution is -0.139. The number of methoxy groups -OCH3 is 1. The minimum atomic E-state index is -1.12. The summed E-state index contributed by atoms with van der Waals surface area (Å²) in [4.78, 5) is 40.5. The quantitative estimate of drug-likeness (QED) is 0.529. The number of hydrogen-bond acceptors (Lipinski definition) is 6. The monoisotopic (exact) mass is 494 g/mol. The van der Waals surface area contributed by atoms with Gasteiger partial charge in [0.25, 0.3) is 5.91 Å². The minimum Gasteiger partial charge on any atom is -0.497 e. The number of aryl methyl sites for hydroxylation is 2. The summed E-state index contributed by atoms with van der Waals surface area (Å²) in [6.07, 6.45) is -0.772. The molecule has 0 saturated carbocycles. The molecule has 9 nitrogen and oxygen atoms in total. The average Bonchev–Trinajstić information content (AvgIpc) is 2.76. The molecule has 36 heavy (non-hydrogen) atoms. The number of carbonyl (C=O) groups is 3. The van der Waals surface area contributed by atoms with Crippen LogP contribution in [-0.4, -0.2) is 48.1 Å². The van der Waals surface area contributed by atoms with Crippen molar-refractivity contribution < 1.29 is 23.9 Å². The van der Waals surface area contributed by atoms with Crippen molar-refractivity contribution in [3.63, 3.8) is 0 Å². The predicted octanol–water partition coefficient (Wildman–Crippen LogP) is 4.26. The van der Waals surface area contributed by atoms with E-state index in [1.165, 1.54) is 6.92 Å². The highest BCUT2D eigenvalue weighted by Crippen LogP contribution is 2.26. The maximum absolute atomic E-state index is 13.6. The van der Waals surface area contributed by atoms with Crippen LogP contribution in [0.15, 0.2) is 42.5 Å². The van der Waals surface area contributed by atoms with Gasteiger partial charge in [0, 0.05) is 5.69 Å². The zero-order valence-electron chi connectivity index (χ0n) is 21.8. The number of ether oxygens (including phenoxy) is 2. The fourth-order valence-corrected chi connectivity index (χ4v) is 3.69. The Labute approximate surface area is 212 Å². The van der Waals surface area contributed by atoms with Crippen molar-refractivity contribution in [3.05, 3.63) is 59.2 Å². The van der Waals surface area contributed by atoms with Crippen LogP contribution in [0.2, 0.25) is 0 Å². The maximum atomic E-state index is 13.6. The molecule has 0 spiro atoms. The first-order valence-electron chi connectivity index (χ1n) is 11.5. The van der Waals surface area contributed by atoms with E-state index in [1.54, 1.807) is 64.3 Å². The Morgan fingerprint density at radius 3 is 2.14 bits per heavy atom. The second kappa shape index (κ2) is 12.1. The first kappa shape index (κ1) is 28.2. The van der Waals surface area contributed by atoms with Gasteiger partial charge in [0.1, 0.15) is 30.0 Å². The van der Waals surface area contributed by atoms with Crippen molar-refractivity contribution >= 4 is 23.6 Å². The number of rotatable bonds is 8. The Hall–Kier alpha value is -4.06. The van der Waals surface area contributed by atoms with Gasteiger partial charge < -0.3 is 25.0 Å². The standard InChI is InChI=1S/C27H34N4O5/c1-17-14-18(2)16-20(15-17)23(24(32)30-21-8-10-22(35-7)11-9-21)31(13-12-28)25(33)19(3)29-26(34)36-27(4,5)6/h8-11,14-16,19,23H,13H2,1-7H3,(H,29,34)(H,30,32). The first-order valence-corrected chi connectivity index (χ1v) is 11.5. The second-order valence-electron chi connectivity index (χ2n) is 9.53. The van der Waals surface area contributed by atoms with E-state index in [2.05, 4.69) is 10.6 Å².